The number of nitrogens with one attached hydrogen (secondary N) is 1. The van der Waals surface area contributed by atoms with Crippen LogP contribution in [0.3, 0.4) is 0 Å². The molecule has 0 unspecified atom stereocenters. The molecule has 0 aliphatic rings. The molecule has 0 aliphatic heterocycles. The highest BCUT2D eigenvalue weighted by molar-refractivity contribution is 7.92. The van der Waals surface area contributed by atoms with Crippen LogP contribution in [0.5, 0.6) is 5.75 Å². The van der Waals surface area contributed by atoms with E-state index in [1.54, 1.807) is 32.2 Å². The summed E-state index contributed by atoms with van der Waals surface area (Å²) in [5, 5.41) is 9.16. The van der Waals surface area contributed by atoms with Crippen LogP contribution in [-0.4, -0.2) is 22.1 Å². The van der Waals surface area contributed by atoms with Crippen LogP contribution < -0.4 is 9.46 Å². The van der Waals surface area contributed by atoms with Crippen LogP contribution in [0.4, 0.5) is 5.69 Å². The van der Waals surface area contributed by atoms with E-state index in [0.29, 0.717) is 24.7 Å². The number of nitriles is 1. The van der Waals surface area contributed by atoms with Crippen LogP contribution in [0.25, 0.3) is 0 Å². The predicted molar refractivity (Wildman–Crippen MR) is 90.3 cm³/mol. The summed E-state index contributed by atoms with van der Waals surface area (Å²) >= 11 is 0. The van der Waals surface area contributed by atoms with Crippen molar-refractivity contribution >= 4 is 15.7 Å². The van der Waals surface area contributed by atoms with Gasteiger partial charge in [0, 0.05) is 12.8 Å². The van der Waals surface area contributed by atoms with Gasteiger partial charge in [0.15, 0.2) is 0 Å². The van der Waals surface area contributed by atoms with Crippen molar-refractivity contribution < 1.29 is 17.9 Å². The summed E-state index contributed by atoms with van der Waals surface area (Å²) in [6.45, 7) is 2.57. The van der Waals surface area contributed by atoms with E-state index in [-0.39, 0.29) is 10.5 Å². The third kappa shape index (κ3) is 4.25. The molecule has 0 saturated carbocycles. The number of ether oxygens (including phenoxy) is 2. The molecule has 2 aromatic carbocycles. The Morgan fingerprint density at radius 1 is 1.21 bits per heavy atom. The number of hydrogen-bond acceptors (Lipinski definition) is 5. The molecule has 24 heavy (non-hydrogen) atoms. The Morgan fingerprint density at radius 2 is 2.00 bits per heavy atom. The molecule has 0 amide bonds. The van der Waals surface area contributed by atoms with Gasteiger partial charge in [-0.3, -0.25) is 4.72 Å². The molecule has 1 N–H and O–H groups in total. The van der Waals surface area contributed by atoms with Crippen LogP contribution in [0.2, 0.25) is 0 Å². The molecular weight excluding hydrogens is 328 g/mol. The second-order valence-corrected chi connectivity index (χ2v) is 6.62. The first-order valence-electron chi connectivity index (χ1n) is 7.27. The van der Waals surface area contributed by atoms with E-state index in [2.05, 4.69) is 4.72 Å². The van der Waals surface area contributed by atoms with Crippen LogP contribution in [0.15, 0.2) is 47.4 Å². The summed E-state index contributed by atoms with van der Waals surface area (Å²) in [5.74, 6) is 0.362. The molecule has 7 heteroatoms. The molecule has 0 atom stereocenters. The molecule has 126 valence electrons. The second kappa shape index (κ2) is 7.81. The quantitative estimate of drug-likeness (QED) is 0.833. The zero-order valence-corrected chi connectivity index (χ0v) is 14.3. The smallest absolute Gasteiger partial charge is 0.261 e. The molecule has 2 rings (SSSR count). The van der Waals surface area contributed by atoms with Gasteiger partial charge in [0.2, 0.25) is 0 Å². The minimum atomic E-state index is -3.81. The SMILES string of the molecule is CCOc1ccc(S(=O)(=O)Nc2cccc(COC)c2)cc1C#N. The van der Waals surface area contributed by atoms with Gasteiger partial charge in [0.1, 0.15) is 11.8 Å². The van der Waals surface area contributed by atoms with Gasteiger partial charge in [-0.25, -0.2) is 8.42 Å². The Bertz CT molecular complexity index is 857. The number of sulfonamides is 1. The van der Waals surface area contributed by atoms with Gasteiger partial charge < -0.3 is 9.47 Å². The molecule has 0 radical (unpaired) electrons. The standard InChI is InChI=1S/C17H18N2O4S/c1-3-23-17-8-7-16(10-14(17)11-18)24(20,21)19-15-6-4-5-13(9-15)12-22-2/h4-10,19H,3,12H2,1-2H3. The molecule has 0 aliphatic carbocycles. The highest BCUT2D eigenvalue weighted by atomic mass is 32.2. The van der Waals surface area contributed by atoms with Crippen molar-refractivity contribution in [3.05, 3.63) is 53.6 Å². The summed E-state index contributed by atoms with van der Waals surface area (Å²) in [7, 11) is -2.24. The largest absolute Gasteiger partial charge is 0.492 e. The molecule has 0 saturated heterocycles. The Kier molecular flexibility index (Phi) is 5.79. The lowest BCUT2D eigenvalue weighted by Gasteiger charge is -2.11. The predicted octanol–water partition coefficient (Wildman–Crippen LogP) is 2.90. The van der Waals surface area contributed by atoms with Gasteiger partial charge in [-0.2, -0.15) is 5.26 Å². The minimum absolute atomic E-state index is 0.000326. The first-order valence-corrected chi connectivity index (χ1v) is 8.76. The van der Waals surface area contributed by atoms with E-state index >= 15 is 0 Å². The van der Waals surface area contributed by atoms with Crippen LogP contribution in [-0.2, 0) is 21.4 Å². The molecule has 0 bridgehead atoms. The van der Waals surface area contributed by atoms with Crippen LogP contribution in [0.1, 0.15) is 18.1 Å². The lowest BCUT2D eigenvalue weighted by Crippen LogP contribution is -2.13. The summed E-state index contributed by atoms with van der Waals surface area (Å²) in [5.41, 5.74) is 1.45. The summed E-state index contributed by atoms with van der Waals surface area (Å²) in [6.07, 6.45) is 0. The van der Waals surface area contributed by atoms with Gasteiger partial charge >= 0.3 is 0 Å². The maximum absolute atomic E-state index is 12.5. The molecule has 0 heterocycles. The molecule has 0 spiro atoms. The lowest BCUT2D eigenvalue weighted by atomic mass is 10.2. The Labute approximate surface area is 141 Å². The number of rotatable bonds is 7. The highest BCUT2D eigenvalue weighted by Crippen LogP contribution is 2.24. The zero-order valence-electron chi connectivity index (χ0n) is 13.4. The number of anilines is 1. The maximum Gasteiger partial charge on any atom is 0.261 e. The van der Waals surface area contributed by atoms with Crippen molar-refractivity contribution in [2.24, 2.45) is 0 Å². The van der Waals surface area contributed by atoms with E-state index in [9.17, 15) is 8.42 Å². The van der Waals surface area contributed by atoms with E-state index in [1.807, 2.05) is 12.1 Å². The maximum atomic E-state index is 12.5. The van der Waals surface area contributed by atoms with Crippen molar-refractivity contribution in [2.45, 2.75) is 18.4 Å². The van der Waals surface area contributed by atoms with Crippen LogP contribution >= 0.6 is 0 Å². The van der Waals surface area contributed by atoms with Gasteiger partial charge in [-0.05, 0) is 42.8 Å². The number of benzene rings is 2. The Morgan fingerprint density at radius 3 is 2.67 bits per heavy atom. The van der Waals surface area contributed by atoms with Crippen LogP contribution in [0, 0.1) is 11.3 Å². The molecular formula is C17H18N2O4S. The second-order valence-electron chi connectivity index (χ2n) is 4.94. The average molecular weight is 346 g/mol. The Balaban J connectivity index is 2.30. The van der Waals surface area contributed by atoms with Gasteiger partial charge in [-0.1, -0.05) is 12.1 Å². The van der Waals surface area contributed by atoms with E-state index < -0.39 is 10.0 Å². The molecule has 2 aromatic rings. The van der Waals surface area contributed by atoms with Gasteiger partial charge in [-0.15, -0.1) is 0 Å². The summed E-state index contributed by atoms with van der Waals surface area (Å²) < 4.78 is 37.9. The fourth-order valence-electron chi connectivity index (χ4n) is 2.15. The average Bonchev–Trinajstić information content (AvgIpc) is 2.55. The summed E-state index contributed by atoms with van der Waals surface area (Å²) in [6, 6.07) is 13.1. The monoisotopic (exact) mass is 346 g/mol. The zero-order chi connectivity index (χ0) is 17.6. The Hall–Kier alpha value is -2.56. The number of methoxy groups -OCH3 is 1. The summed E-state index contributed by atoms with van der Waals surface area (Å²) in [4.78, 5) is -0.000326. The van der Waals surface area contributed by atoms with Gasteiger partial charge in [0.05, 0.1) is 23.7 Å². The number of hydrogen-bond donors (Lipinski definition) is 1. The third-order valence-corrected chi connectivity index (χ3v) is 4.55. The third-order valence-electron chi connectivity index (χ3n) is 3.17. The van der Waals surface area contributed by atoms with E-state index in [0.717, 1.165) is 5.56 Å². The van der Waals surface area contributed by atoms with E-state index in [4.69, 9.17) is 14.7 Å². The van der Waals surface area contributed by atoms with Gasteiger partial charge in [0.25, 0.3) is 10.0 Å². The lowest BCUT2D eigenvalue weighted by molar-refractivity contribution is 0.185. The molecule has 0 fully saturated rings. The molecule has 6 nitrogen and oxygen atoms in total. The normalized spacial score (nSPS) is 10.9. The fraction of sp³-hybridized carbons (Fsp3) is 0.235. The van der Waals surface area contributed by atoms with Crippen molar-refractivity contribution in [1.82, 2.24) is 0 Å². The van der Waals surface area contributed by atoms with Crippen molar-refractivity contribution in [2.75, 3.05) is 18.4 Å². The topological polar surface area (TPSA) is 88.4 Å². The minimum Gasteiger partial charge on any atom is -0.492 e. The van der Waals surface area contributed by atoms with Crippen molar-refractivity contribution in [3.8, 4) is 11.8 Å². The van der Waals surface area contributed by atoms with E-state index in [1.165, 1.54) is 18.2 Å². The van der Waals surface area contributed by atoms with Crippen molar-refractivity contribution in [1.29, 1.82) is 5.26 Å². The number of nitrogens with zero attached hydrogens (tertiary/aromatic N) is 1. The van der Waals surface area contributed by atoms with Crippen molar-refractivity contribution in [3.63, 3.8) is 0 Å². The highest BCUT2D eigenvalue weighted by Gasteiger charge is 2.17. The first kappa shape index (κ1) is 17.8. The first-order chi connectivity index (χ1) is 11.5. The fourth-order valence-corrected chi connectivity index (χ4v) is 3.23. The molecule has 0 aromatic heterocycles.